The third kappa shape index (κ3) is 2.46. The van der Waals surface area contributed by atoms with Crippen LogP contribution in [0.25, 0.3) is 0 Å². The van der Waals surface area contributed by atoms with Crippen molar-refractivity contribution in [2.24, 2.45) is 17.1 Å². The molecule has 0 aromatic rings. The molecule has 1 aliphatic heterocycles. The van der Waals surface area contributed by atoms with Crippen LogP contribution < -0.4 is 5.73 Å². The molecule has 2 saturated carbocycles. The van der Waals surface area contributed by atoms with Gasteiger partial charge < -0.3 is 5.73 Å². The smallest absolute Gasteiger partial charge is 0.0194 e. The van der Waals surface area contributed by atoms with E-state index in [4.69, 9.17) is 5.73 Å². The van der Waals surface area contributed by atoms with Crippen molar-refractivity contribution in [1.82, 2.24) is 4.90 Å². The predicted molar refractivity (Wildman–Crippen MR) is 76.5 cm³/mol. The Kier molecular flexibility index (Phi) is 3.68. The van der Waals surface area contributed by atoms with Crippen LogP contribution >= 0.6 is 0 Å². The minimum absolute atomic E-state index is 0.418. The first-order chi connectivity index (χ1) is 8.69. The van der Waals surface area contributed by atoms with Gasteiger partial charge in [-0.25, -0.2) is 0 Å². The normalized spacial score (nSPS) is 38.3. The monoisotopic (exact) mass is 250 g/mol. The van der Waals surface area contributed by atoms with Crippen LogP contribution in [0.15, 0.2) is 0 Å². The van der Waals surface area contributed by atoms with E-state index in [9.17, 15) is 0 Å². The summed E-state index contributed by atoms with van der Waals surface area (Å²) in [5, 5.41) is 0. The average molecular weight is 250 g/mol. The lowest BCUT2D eigenvalue weighted by molar-refractivity contribution is 0.0595. The fourth-order valence-electron chi connectivity index (χ4n) is 4.66. The Morgan fingerprint density at radius 3 is 2.28 bits per heavy atom. The van der Waals surface area contributed by atoms with Gasteiger partial charge in [0.2, 0.25) is 0 Å². The maximum Gasteiger partial charge on any atom is 0.0194 e. The van der Waals surface area contributed by atoms with Gasteiger partial charge in [0, 0.05) is 18.6 Å². The highest BCUT2D eigenvalue weighted by molar-refractivity contribution is 4.93. The molecule has 2 N–H and O–H groups in total. The molecule has 0 bridgehead atoms. The number of rotatable bonds is 1. The van der Waals surface area contributed by atoms with Crippen LogP contribution in [-0.2, 0) is 0 Å². The standard InChI is InChI=1S/C16H30N2/c1-13-6-11-18(12-15(13)17)14-4-9-16(10-5-14)7-2-3-8-16/h13-15H,2-12,17H2,1H3. The first kappa shape index (κ1) is 12.9. The van der Waals surface area contributed by atoms with Crippen molar-refractivity contribution in [3.05, 3.63) is 0 Å². The van der Waals surface area contributed by atoms with Crippen molar-refractivity contribution in [1.29, 1.82) is 0 Å². The zero-order chi connectivity index (χ0) is 12.6. The molecule has 1 heterocycles. The Labute approximate surface area is 112 Å². The number of hydrogen-bond acceptors (Lipinski definition) is 2. The molecule has 2 unspecified atom stereocenters. The number of piperidine rings is 1. The molecule has 0 aromatic carbocycles. The Balaban J connectivity index is 1.53. The van der Waals surface area contributed by atoms with E-state index in [1.54, 1.807) is 0 Å². The topological polar surface area (TPSA) is 29.3 Å². The van der Waals surface area contributed by atoms with Crippen molar-refractivity contribution in [2.45, 2.75) is 76.8 Å². The largest absolute Gasteiger partial charge is 0.326 e. The van der Waals surface area contributed by atoms with E-state index in [1.165, 1.54) is 64.3 Å². The van der Waals surface area contributed by atoms with Crippen LogP contribution in [-0.4, -0.2) is 30.1 Å². The quantitative estimate of drug-likeness (QED) is 0.774. The summed E-state index contributed by atoms with van der Waals surface area (Å²) in [7, 11) is 0. The van der Waals surface area contributed by atoms with Gasteiger partial charge in [-0.15, -0.1) is 0 Å². The van der Waals surface area contributed by atoms with E-state index in [1.807, 2.05) is 0 Å². The molecule has 18 heavy (non-hydrogen) atoms. The van der Waals surface area contributed by atoms with Gasteiger partial charge in [-0.05, 0) is 62.8 Å². The molecule has 0 radical (unpaired) electrons. The summed E-state index contributed by atoms with van der Waals surface area (Å²) in [5.74, 6) is 0.728. The van der Waals surface area contributed by atoms with Gasteiger partial charge >= 0.3 is 0 Å². The second-order valence-corrected chi connectivity index (χ2v) is 7.36. The lowest BCUT2D eigenvalue weighted by Crippen LogP contribution is -2.52. The highest BCUT2D eigenvalue weighted by Crippen LogP contribution is 2.49. The van der Waals surface area contributed by atoms with E-state index < -0.39 is 0 Å². The van der Waals surface area contributed by atoms with Crippen LogP contribution in [0, 0.1) is 11.3 Å². The van der Waals surface area contributed by atoms with Crippen molar-refractivity contribution in [3.63, 3.8) is 0 Å². The van der Waals surface area contributed by atoms with Gasteiger partial charge in [0.25, 0.3) is 0 Å². The molecule has 1 spiro atoms. The summed E-state index contributed by atoms with van der Waals surface area (Å²) in [6.45, 7) is 4.77. The van der Waals surface area contributed by atoms with Gasteiger partial charge in [-0.1, -0.05) is 19.8 Å². The molecule has 0 aromatic heterocycles. The minimum atomic E-state index is 0.418. The zero-order valence-electron chi connectivity index (χ0n) is 12.0. The molecule has 3 aliphatic rings. The summed E-state index contributed by atoms with van der Waals surface area (Å²) in [6, 6.07) is 1.27. The molecule has 2 nitrogen and oxygen atoms in total. The maximum atomic E-state index is 6.25. The van der Waals surface area contributed by atoms with Crippen molar-refractivity contribution in [3.8, 4) is 0 Å². The Hall–Kier alpha value is -0.0800. The second kappa shape index (κ2) is 5.13. The molecule has 2 heteroatoms. The molecule has 0 amide bonds. The first-order valence-corrected chi connectivity index (χ1v) is 8.18. The summed E-state index contributed by atoms with van der Waals surface area (Å²) >= 11 is 0. The van der Waals surface area contributed by atoms with Crippen LogP contribution in [0.3, 0.4) is 0 Å². The summed E-state index contributed by atoms with van der Waals surface area (Å²) in [5.41, 5.74) is 7.03. The average Bonchev–Trinajstić information content (AvgIpc) is 2.82. The highest BCUT2D eigenvalue weighted by Gasteiger charge is 2.39. The molecular formula is C16H30N2. The fourth-order valence-corrected chi connectivity index (χ4v) is 4.66. The Bertz CT molecular complexity index is 273. The lowest BCUT2D eigenvalue weighted by Gasteiger charge is -2.45. The molecule has 1 saturated heterocycles. The lowest BCUT2D eigenvalue weighted by atomic mass is 9.71. The third-order valence-corrected chi connectivity index (χ3v) is 6.24. The molecular weight excluding hydrogens is 220 g/mol. The van der Waals surface area contributed by atoms with Crippen LogP contribution in [0.4, 0.5) is 0 Å². The predicted octanol–water partition coefficient (Wildman–Crippen LogP) is 3.16. The Morgan fingerprint density at radius 1 is 1.00 bits per heavy atom. The number of likely N-dealkylation sites (tertiary alicyclic amines) is 1. The van der Waals surface area contributed by atoms with Crippen LogP contribution in [0.1, 0.15) is 64.7 Å². The first-order valence-electron chi connectivity index (χ1n) is 8.18. The minimum Gasteiger partial charge on any atom is -0.326 e. The zero-order valence-corrected chi connectivity index (χ0v) is 12.0. The van der Waals surface area contributed by atoms with E-state index in [2.05, 4.69) is 11.8 Å². The number of nitrogens with zero attached hydrogens (tertiary/aromatic N) is 1. The second-order valence-electron chi connectivity index (χ2n) is 7.36. The van der Waals surface area contributed by atoms with Crippen LogP contribution in [0.2, 0.25) is 0 Å². The number of nitrogens with two attached hydrogens (primary N) is 1. The summed E-state index contributed by atoms with van der Waals surface area (Å²) in [6.07, 6.45) is 13.2. The summed E-state index contributed by atoms with van der Waals surface area (Å²) in [4.78, 5) is 2.71. The van der Waals surface area contributed by atoms with Crippen LogP contribution in [0.5, 0.6) is 0 Å². The molecule has 104 valence electrons. The molecule has 3 rings (SSSR count). The van der Waals surface area contributed by atoms with Crippen molar-refractivity contribution in [2.75, 3.05) is 13.1 Å². The van der Waals surface area contributed by atoms with Gasteiger partial charge in [0.15, 0.2) is 0 Å². The molecule has 2 atom stereocenters. The maximum absolute atomic E-state index is 6.25. The summed E-state index contributed by atoms with van der Waals surface area (Å²) < 4.78 is 0. The SMILES string of the molecule is CC1CCN(C2CCC3(CCCC3)CC2)CC1N. The van der Waals surface area contributed by atoms with Gasteiger partial charge in [-0.2, -0.15) is 0 Å². The third-order valence-electron chi connectivity index (χ3n) is 6.24. The van der Waals surface area contributed by atoms with Crippen molar-refractivity contribution >= 4 is 0 Å². The van der Waals surface area contributed by atoms with Gasteiger partial charge in [-0.3, -0.25) is 4.90 Å². The van der Waals surface area contributed by atoms with E-state index in [0.29, 0.717) is 6.04 Å². The highest BCUT2D eigenvalue weighted by atomic mass is 15.2. The van der Waals surface area contributed by atoms with E-state index in [-0.39, 0.29) is 0 Å². The Morgan fingerprint density at radius 2 is 1.67 bits per heavy atom. The van der Waals surface area contributed by atoms with E-state index >= 15 is 0 Å². The fraction of sp³-hybridized carbons (Fsp3) is 1.00. The van der Waals surface area contributed by atoms with Crippen molar-refractivity contribution < 1.29 is 0 Å². The van der Waals surface area contributed by atoms with Gasteiger partial charge in [0.1, 0.15) is 0 Å². The molecule has 3 fully saturated rings. The molecule has 2 aliphatic carbocycles. The number of hydrogen-bond donors (Lipinski definition) is 1. The van der Waals surface area contributed by atoms with Gasteiger partial charge in [0.05, 0.1) is 0 Å². The van der Waals surface area contributed by atoms with E-state index in [0.717, 1.165) is 23.9 Å².